The molecule has 2 N–H and O–H groups in total. The van der Waals surface area contributed by atoms with Crippen LogP contribution in [0.1, 0.15) is 5.56 Å². The summed E-state index contributed by atoms with van der Waals surface area (Å²) in [5, 5.41) is 14.9. The lowest BCUT2D eigenvalue weighted by atomic mass is 10.1. The molecule has 0 unspecified atom stereocenters. The molecule has 1 aromatic heterocycles. The van der Waals surface area contributed by atoms with Gasteiger partial charge in [0.1, 0.15) is 5.82 Å². The highest BCUT2D eigenvalue weighted by Gasteiger charge is 2.38. The molecular formula is C23H26ClF6N3O7. The third kappa shape index (κ3) is 10.8. The van der Waals surface area contributed by atoms with Crippen LogP contribution in [0, 0.1) is 0 Å². The molecule has 224 valence electrons. The molecule has 0 spiro atoms. The summed E-state index contributed by atoms with van der Waals surface area (Å²) in [5.74, 6) is -2.50. The van der Waals surface area contributed by atoms with Gasteiger partial charge in [-0.15, -0.1) is 0 Å². The average Bonchev–Trinajstić information content (AvgIpc) is 2.89. The SMILES string of the molecule is COc1ccc(CN2CCN(c3ccc(Cl)cn3)CC2)c(OC)c1OC.O=C(O)C(F)(F)F.O=C(O)C(F)(F)F. The van der Waals surface area contributed by atoms with E-state index in [0.29, 0.717) is 16.5 Å². The van der Waals surface area contributed by atoms with E-state index >= 15 is 0 Å². The molecule has 0 radical (unpaired) electrons. The second kappa shape index (κ2) is 15.2. The molecule has 1 aliphatic rings. The van der Waals surface area contributed by atoms with Gasteiger partial charge in [0.15, 0.2) is 11.5 Å². The Morgan fingerprint density at radius 3 is 1.73 bits per heavy atom. The van der Waals surface area contributed by atoms with Gasteiger partial charge in [-0.25, -0.2) is 14.6 Å². The fourth-order valence-electron chi connectivity index (χ4n) is 3.22. The maximum Gasteiger partial charge on any atom is 0.490 e. The number of aromatic nitrogens is 1. The number of rotatable bonds is 6. The van der Waals surface area contributed by atoms with Gasteiger partial charge in [-0.05, 0) is 18.2 Å². The lowest BCUT2D eigenvalue weighted by Gasteiger charge is -2.35. The van der Waals surface area contributed by atoms with E-state index in [1.54, 1.807) is 27.5 Å². The second-order valence-electron chi connectivity index (χ2n) is 7.70. The van der Waals surface area contributed by atoms with Crippen molar-refractivity contribution in [2.75, 3.05) is 52.4 Å². The number of benzene rings is 1. The van der Waals surface area contributed by atoms with E-state index in [0.717, 1.165) is 49.9 Å². The molecule has 3 rings (SSSR count). The molecule has 17 heteroatoms. The molecule has 0 bridgehead atoms. The zero-order valence-electron chi connectivity index (χ0n) is 21.3. The van der Waals surface area contributed by atoms with Crippen molar-refractivity contribution in [2.45, 2.75) is 18.9 Å². The lowest BCUT2D eigenvalue weighted by Crippen LogP contribution is -2.46. The van der Waals surface area contributed by atoms with E-state index in [1.807, 2.05) is 24.3 Å². The Kier molecular flexibility index (Phi) is 13.1. The number of piperazine rings is 1. The summed E-state index contributed by atoms with van der Waals surface area (Å²) in [7, 11) is 4.91. The first-order valence-corrected chi connectivity index (χ1v) is 11.4. The van der Waals surface area contributed by atoms with Crippen molar-refractivity contribution in [3.63, 3.8) is 0 Å². The molecule has 1 aromatic carbocycles. The molecule has 1 saturated heterocycles. The number of pyridine rings is 1. The Morgan fingerprint density at radius 1 is 0.850 bits per heavy atom. The highest BCUT2D eigenvalue weighted by atomic mass is 35.5. The highest BCUT2D eigenvalue weighted by Crippen LogP contribution is 2.40. The Morgan fingerprint density at radius 2 is 1.35 bits per heavy atom. The van der Waals surface area contributed by atoms with Crippen LogP contribution in [0.3, 0.4) is 0 Å². The minimum absolute atomic E-state index is 0.636. The third-order valence-electron chi connectivity index (χ3n) is 5.07. The van der Waals surface area contributed by atoms with Crippen molar-refractivity contribution < 1.29 is 60.4 Å². The molecule has 2 aromatic rings. The van der Waals surface area contributed by atoms with Crippen molar-refractivity contribution in [2.24, 2.45) is 0 Å². The molecule has 1 aliphatic heterocycles. The van der Waals surface area contributed by atoms with Gasteiger partial charge in [0, 0.05) is 44.5 Å². The van der Waals surface area contributed by atoms with Gasteiger partial charge in [0.25, 0.3) is 0 Å². The van der Waals surface area contributed by atoms with Gasteiger partial charge in [0.05, 0.1) is 26.4 Å². The summed E-state index contributed by atoms with van der Waals surface area (Å²) >= 11 is 5.92. The van der Waals surface area contributed by atoms with Gasteiger partial charge >= 0.3 is 24.3 Å². The van der Waals surface area contributed by atoms with Gasteiger partial charge in [-0.2, -0.15) is 26.3 Å². The lowest BCUT2D eigenvalue weighted by molar-refractivity contribution is -0.193. The molecular weight excluding hydrogens is 580 g/mol. The van der Waals surface area contributed by atoms with Gasteiger partial charge < -0.3 is 29.3 Å². The van der Waals surface area contributed by atoms with E-state index in [2.05, 4.69) is 14.8 Å². The molecule has 0 saturated carbocycles. The zero-order valence-corrected chi connectivity index (χ0v) is 22.1. The molecule has 40 heavy (non-hydrogen) atoms. The Labute approximate surface area is 229 Å². The van der Waals surface area contributed by atoms with E-state index in [9.17, 15) is 26.3 Å². The number of carboxylic acid groups (broad SMARTS) is 2. The Bertz CT molecular complexity index is 1090. The average molecular weight is 606 g/mol. The van der Waals surface area contributed by atoms with Gasteiger partial charge in [-0.1, -0.05) is 17.7 Å². The zero-order chi connectivity index (χ0) is 30.7. The second-order valence-corrected chi connectivity index (χ2v) is 8.13. The van der Waals surface area contributed by atoms with Crippen molar-refractivity contribution in [3.8, 4) is 17.2 Å². The van der Waals surface area contributed by atoms with Crippen LogP contribution in [0.2, 0.25) is 5.02 Å². The minimum atomic E-state index is -5.08. The van der Waals surface area contributed by atoms with E-state index in [4.69, 9.17) is 45.6 Å². The standard InChI is InChI=1S/C19H24ClN3O3.2C2HF3O2/c1-24-16-6-4-14(18(25-2)19(16)26-3)13-22-8-10-23(11-9-22)17-7-5-15(20)12-21-17;2*3-2(4,5)1(6)7/h4-7,12H,8-11,13H2,1-3H3;2*(H,6,7). The predicted octanol–water partition coefficient (Wildman–Crippen LogP) is 4.35. The first kappa shape index (κ1) is 34.4. The van der Waals surface area contributed by atoms with Crippen LogP contribution in [-0.2, 0) is 16.1 Å². The number of methoxy groups -OCH3 is 3. The molecule has 1 fully saturated rings. The number of hydrogen-bond donors (Lipinski definition) is 2. The van der Waals surface area contributed by atoms with E-state index in [1.165, 1.54) is 0 Å². The largest absolute Gasteiger partial charge is 0.493 e. The first-order chi connectivity index (χ1) is 18.5. The number of alkyl halides is 6. The van der Waals surface area contributed by atoms with Crippen LogP contribution in [0.25, 0.3) is 0 Å². The molecule has 10 nitrogen and oxygen atoms in total. The fourth-order valence-corrected chi connectivity index (χ4v) is 3.33. The molecule has 0 amide bonds. The van der Waals surface area contributed by atoms with Crippen LogP contribution in [0.15, 0.2) is 30.5 Å². The van der Waals surface area contributed by atoms with Crippen LogP contribution < -0.4 is 19.1 Å². The minimum Gasteiger partial charge on any atom is -0.493 e. The Balaban J connectivity index is 0.000000473. The third-order valence-corrected chi connectivity index (χ3v) is 5.30. The van der Waals surface area contributed by atoms with Crippen molar-refractivity contribution >= 4 is 29.4 Å². The van der Waals surface area contributed by atoms with Crippen molar-refractivity contribution in [1.82, 2.24) is 9.88 Å². The molecule has 0 aliphatic carbocycles. The summed E-state index contributed by atoms with van der Waals surface area (Å²) in [6.45, 7) is 4.53. The number of halogens is 7. The maximum absolute atomic E-state index is 10.6. The number of carboxylic acids is 2. The summed E-state index contributed by atoms with van der Waals surface area (Å²) < 4.78 is 79.9. The Hall–Kier alpha value is -3.66. The maximum atomic E-state index is 10.6. The number of anilines is 1. The normalized spacial score (nSPS) is 13.7. The molecule has 2 heterocycles. The first-order valence-electron chi connectivity index (χ1n) is 11.0. The number of carbonyl (C=O) groups is 2. The number of aliphatic carboxylic acids is 2. The van der Waals surface area contributed by atoms with Crippen LogP contribution in [0.5, 0.6) is 17.2 Å². The van der Waals surface area contributed by atoms with Crippen molar-refractivity contribution in [3.05, 3.63) is 41.0 Å². The number of hydrogen-bond acceptors (Lipinski definition) is 8. The highest BCUT2D eigenvalue weighted by molar-refractivity contribution is 6.30. The molecule has 0 atom stereocenters. The number of ether oxygens (including phenoxy) is 3. The van der Waals surface area contributed by atoms with Crippen LogP contribution >= 0.6 is 11.6 Å². The van der Waals surface area contributed by atoms with Crippen molar-refractivity contribution in [1.29, 1.82) is 0 Å². The summed E-state index contributed by atoms with van der Waals surface area (Å²) in [4.78, 5) is 26.9. The fraction of sp³-hybridized carbons (Fsp3) is 0.435. The number of nitrogens with zero attached hydrogens (tertiary/aromatic N) is 3. The van der Waals surface area contributed by atoms with E-state index in [-0.39, 0.29) is 0 Å². The quantitative estimate of drug-likeness (QED) is 0.460. The van der Waals surface area contributed by atoms with Crippen LogP contribution in [-0.4, -0.2) is 91.9 Å². The van der Waals surface area contributed by atoms with E-state index < -0.39 is 24.3 Å². The summed E-state index contributed by atoms with van der Waals surface area (Å²) in [6.07, 6.45) is -8.47. The van der Waals surface area contributed by atoms with Gasteiger partial charge in [0.2, 0.25) is 5.75 Å². The predicted molar refractivity (Wildman–Crippen MR) is 130 cm³/mol. The topological polar surface area (TPSA) is 122 Å². The van der Waals surface area contributed by atoms with Gasteiger partial charge in [-0.3, -0.25) is 4.90 Å². The summed E-state index contributed by atoms with van der Waals surface area (Å²) in [5.41, 5.74) is 1.09. The summed E-state index contributed by atoms with van der Waals surface area (Å²) in [6, 6.07) is 7.80. The smallest absolute Gasteiger partial charge is 0.490 e. The van der Waals surface area contributed by atoms with Crippen LogP contribution in [0.4, 0.5) is 32.2 Å². The monoisotopic (exact) mass is 605 g/mol.